The first-order chi connectivity index (χ1) is 17.2. The van der Waals surface area contributed by atoms with E-state index in [1.54, 1.807) is 25.5 Å². The maximum atomic E-state index is 13.0. The summed E-state index contributed by atoms with van der Waals surface area (Å²) in [5.41, 5.74) is 3.88. The van der Waals surface area contributed by atoms with Gasteiger partial charge in [-0.2, -0.15) is 0 Å². The van der Waals surface area contributed by atoms with Crippen LogP contribution < -0.4 is 16.0 Å². The molecule has 2 aliphatic rings. The van der Waals surface area contributed by atoms with Crippen LogP contribution in [0.25, 0.3) is 5.57 Å². The molecule has 0 radical (unpaired) electrons. The van der Waals surface area contributed by atoms with Crippen molar-refractivity contribution in [1.29, 1.82) is 5.41 Å². The lowest BCUT2D eigenvalue weighted by molar-refractivity contribution is -0.116. The summed E-state index contributed by atoms with van der Waals surface area (Å²) in [6.07, 6.45) is 5.21. The second-order valence-corrected chi connectivity index (χ2v) is 7.54. The summed E-state index contributed by atoms with van der Waals surface area (Å²) < 4.78 is 11.0. The maximum Gasteiger partial charge on any atom is 0.317 e. The molecule has 1 aromatic heterocycles. The van der Waals surface area contributed by atoms with Crippen LogP contribution in [0.4, 0.5) is 11.7 Å². The fraction of sp³-hybridized carbons (Fsp3) is 0.0800. The van der Waals surface area contributed by atoms with Gasteiger partial charge in [0.15, 0.2) is 0 Å². The number of carbonyl (C=O) groups excluding carboxylic acids is 1. The first-order valence-electron chi connectivity index (χ1n) is 10.7. The summed E-state index contributed by atoms with van der Waals surface area (Å²) in [5, 5.41) is 24.7. The van der Waals surface area contributed by atoms with E-state index in [0.29, 0.717) is 28.4 Å². The Bertz CT molecular complexity index is 1400. The van der Waals surface area contributed by atoms with Gasteiger partial charge in [-0.25, -0.2) is 4.99 Å². The third-order valence-electron chi connectivity index (χ3n) is 5.35. The van der Waals surface area contributed by atoms with Crippen LogP contribution in [0.1, 0.15) is 17.0 Å². The molecule has 1 amide bonds. The number of amides is 1. The molecule has 0 unspecified atom stereocenters. The zero-order valence-corrected chi connectivity index (χ0v) is 18.6. The summed E-state index contributed by atoms with van der Waals surface area (Å²) in [7, 11) is 1.55. The molecular weight excluding hydrogens is 446 g/mol. The Balaban J connectivity index is 1.48. The number of hydrogen-bond donors (Lipinski definition) is 4. The molecule has 0 spiro atoms. The Hall–Kier alpha value is -4.99. The Morgan fingerprint density at radius 2 is 1.94 bits per heavy atom. The third-order valence-corrected chi connectivity index (χ3v) is 5.35. The van der Waals surface area contributed by atoms with E-state index in [9.17, 15) is 4.79 Å². The van der Waals surface area contributed by atoms with Crippen LogP contribution in [0.2, 0.25) is 0 Å². The van der Waals surface area contributed by atoms with Gasteiger partial charge in [-0.3, -0.25) is 4.79 Å². The van der Waals surface area contributed by atoms with Gasteiger partial charge in [0.05, 0.1) is 29.8 Å². The van der Waals surface area contributed by atoms with Crippen LogP contribution in [0.3, 0.4) is 0 Å². The van der Waals surface area contributed by atoms with E-state index in [2.05, 4.69) is 26.1 Å². The van der Waals surface area contributed by atoms with E-state index < -0.39 is 6.17 Å². The van der Waals surface area contributed by atoms with Crippen molar-refractivity contribution < 1.29 is 13.9 Å². The average Bonchev–Trinajstić information content (AvgIpc) is 3.30. The van der Waals surface area contributed by atoms with Crippen molar-refractivity contribution in [1.82, 2.24) is 15.5 Å². The molecule has 3 aromatic rings. The lowest BCUT2D eigenvalue weighted by atomic mass is 10.0. The van der Waals surface area contributed by atoms with Gasteiger partial charge in [0, 0.05) is 29.6 Å². The quantitative estimate of drug-likeness (QED) is 0.408. The normalized spacial score (nSPS) is 18.2. The topological polar surface area (TPSA) is 138 Å². The Morgan fingerprint density at radius 3 is 2.74 bits per heavy atom. The van der Waals surface area contributed by atoms with Gasteiger partial charge >= 0.3 is 6.01 Å². The molecule has 1 atom stereocenters. The van der Waals surface area contributed by atoms with Crippen LogP contribution in [-0.2, 0) is 9.53 Å². The van der Waals surface area contributed by atoms with Gasteiger partial charge < -0.3 is 30.5 Å². The van der Waals surface area contributed by atoms with Gasteiger partial charge in [-0.05, 0) is 12.1 Å². The smallest absolute Gasteiger partial charge is 0.317 e. The van der Waals surface area contributed by atoms with Crippen LogP contribution in [0.15, 0.2) is 93.8 Å². The monoisotopic (exact) mass is 467 g/mol. The Kier molecular flexibility index (Phi) is 5.91. The van der Waals surface area contributed by atoms with Crippen LogP contribution >= 0.6 is 0 Å². The van der Waals surface area contributed by atoms with Crippen molar-refractivity contribution in [3.63, 3.8) is 0 Å². The maximum absolute atomic E-state index is 13.0. The first kappa shape index (κ1) is 21.8. The van der Waals surface area contributed by atoms with Crippen LogP contribution in [-0.4, -0.2) is 41.3 Å². The van der Waals surface area contributed by atoms with Crippen molar-refractivity contribution in [2.24, 2.45) is 4.99 Å². The molecule has 4 N–H and O–H groups in total. The molecule has 0 aliphatic carbocycles. The molecule has 3 heterocycles. The second-order valence-electron chi connectivity index (χ2n) is 7.54. The predicted octanol–water partition coefficient (Wildman–Crippen LogP) is 3.31. The van der Waals surface area contributed by atoms with Crippen molar-refractivity contribution in [2.45, 2.75) is 6.17 Å². The number of aliphatic imine (C=N–C) groups is 1. The minimum absolute atomic E-state index is 0.00971. The Labute approximate surface area is 200 Å². The molecule has 174 valence electrons. The number of carbonyl (C=O) groups is 1. The van der Waals surface area contributed by atoms with Crippen molar-refractivity contribution in [3.8, 4) is 0 Å². The van der Waals surface area contributed by atoms with Crippen LogP contribution in [0.5, 0.6) is 0 Å². The predicted molar refractivity (Wildman–Crippen MR) is 132 cm³/mol. The molecule has 35 heavy (non-hydrogen) atoms. The third kappa shape index (κ3) is 4.44. The number of nitrogens with one attached hydrogen (secondary N) is 4. The number of benzodiazepines with no additional fused rings is 1. The fourth-order valence-corrected chi connectivity index (χ4v) is 3.67. The Morgan fingerprint density at radius 1 is 1.14 bits per heavy atom. The van der Waals surface area contributed by atoms with E-state index in [4.69, 9.17) is 19.6 Å². The van der Waals surface area contributed by atoms with Crippen molar-refractivity contribution in [3.05, 3.63) is 101 Å². The number of nitrogens with zero attached hydrogens (tertiary/aromatic N) is 3. The summed E-state index contributed by atoms with van der Waals surface area (Å²) in [4.78, 5) is 17.7. The summed E-state index contributed by atoms with van der Waals surface area (Å²) in [6.45, 7) is 0. The lowest BCUT2D eigenvalue weighted by Gasteiger charge is -2.12. The number of anilines is 2. The average molecular weight is 467 g/mol. The van der Waals surface area contributed by atoms with Crippen molar-refractivity contribution >= 4 is 35.1 Å². The SMILES string of the molecule is COC1=C/C(=C(/C=N)c2nnc(N[C@H]3N=C(c4ccccc4)c4ccccc4NC3=O)o2)NC=C1. The summed E-state index contributed by atoms with van der Waals surface area (Å²) in [6, 6.07) is 17.1. The first-order valence-corrected chi connectivity index (χ1v) is 10.7. The number of para-hydroxylation sites is 1. The number of fused-ring (bicyclic) bond motifs is 1. The standard InChI is InChI=1S/C25H21N7O3/c1-34-16-11-12-27-20(13-16)18(14-26)24-31-32-25(35-24)30-22-23(33)28-19-10-6-5-9-17(19)21(29-22)15-7-3-2-4-8-15/h2-14,22,26-27H,1H3,(H,28,33)(H,30,32)/b20-18+,26-14?/t22-/m1/s1. The lowest BCUT2D eigenvalue weighted by Crippen LogP contribution is -2.32. The van der Waals surface area contributed by atoms with E-state index in [-0.39, 0.29) is 17.8 Å². The zero-order valence-electron chi connectivity index (χ0n) is 18.6. The van der Waals surface area contributed by atoms with Crippen molar-refractivity contribution in [2.75, 3.05) is 17.7 Å². The molecular formula is C25H21N7O3. The number of hydrogen-bond acceptors (Lipinski definition) is 9. The van der Waals surface area contributed by atoms with Gasteiger partial charge in [0.1, 0.15) is 5.76 Å². The highest BCUT2D eigenvalue weighted by atomic mass is 16.5. The molecule has 0 saturated carbocycles. The molecule has 0 saturated heterocycles. The number of rotatable bonds is 6. The largest absolute Gasteiger partial charge is 0.497 e. The number of allylic oxidation sites excluding steroid dienone is 3. The number of benzene rings is 2. The van der Waals surface area contributed by atoms with E-state index in [0.717, 1.165) is 17.3 Å². The number of dihydropyridines is 1. The zero-order chi connectivity index (χ0) is 24.2. The van der Waals surface area contributed by atoms with E-state index in [1.165, 1.54) is 0 Å². The molecule has 10 nitrogen and oxygen atoms in total. The minimum atomic E-state index is -1.03. The molecule has 0 bridgehead atoms. The summed E-state index contributed by atoms with van der Waals surface area (Å²) >= 11 is 0. The highest BCUT2D eigenvalue weighted by molar-refractivity contribution is 6.19. The number of methoxy groups -OCH3 is 1. The molecule has 10 heteroatoms. The second kappa shape index (κ2) is 9.48. The van der Waals surface area contributed by atoms with Gasteiger partial charge in [-0.1, -0.05) is 53.6 Å². The number of aromatic nitrogens is 2. The molecule has 2 aliphatic heterocycles. The number of ether oxygens (including phenoxy) is 1. The van der Waals surface area contributed by atoms with E-state index in [1.807, 2.05) is 54.6 Å². The molecule has 2 aromatic carbocycles. The van der Waals surface area contributed by atoms with Crippen LogP contribution in [0, 0.1) is 5.41 Å². The van der Waals surface area contributed by atoms with E-state index >= 15 is 0 Å². The minimum Gasteiger partial charge on any atom is -0.497 e. The van der Waals surface area contributed by atoms with Gasteiger partial charge in [0.25, 0.3) is 11.8 Å². The van der Waals surface area contributed by atoms with Gasteiger partial charge in [0.2, 0.25) is 6.17 Å². The molecule has 5 rings (SSSR count). The van der Waals surface area contributed by atoms with Gasteiger partial charge in [-0.15, -0.1) is 5.10 Å². The highest BCUT2D eigenvalue weighted by Gasteiger charge is 2.27. The molecule has 0 fully saturated rings. The summed E-state index contributed by atoms with van der Waals surface area (Å²) in [5.74, 6) is 0.325. The fourth-order valence-electron chi connectivity index (χ4n) is 3.67. The highest BCUT2D eigenvalue weighted by Crippen LogP contribution is 2.25.